The highest BCUT2D eigenvalue weighted by molar-refractivity contribution is 5.83. The quantitative estimate of drug-likeness (QED) is 0.735. The Morgan fingerprint density at radius 2 is 1.81 bits per heavy atom. The lowest BCUT2D eigenvalue weighted by molar-refractivity contribution is -0.221. The van der Waals surface area contributed by atoms with Gasteiger partial charge in [-0.1, -0.05) is 30.3 Å². The van der Waals surface area contributed by atoms with Gasteiger partial charge in [-0.05, 0) is 19.4 Å². The maximum absolute atomic E-state index is 12.1. The Morgan fingerprint density at radius 1 is 1.08 bits per heavy atom. The van der Waals surface area contributed by atoms with Crippen molar-refractivity contribution in [2.45, 2.75) is 63.1 Å². The number of carbonyl (C=O) groups is 1. The van der Waals surface area contributed by atoms with E-state index < -0.39 is 24.3 Å². The van der Waals surface area contributed by atoms with Crippen molar-refractivity contribution in [2.24, 2.45) is 0 Å². The first-order valence-corrected chi connectivity index (χ1v) is 8.89. The maximum Gasteiger partial charge on any atom is 0.254 e. The number of amides is 1. The van der Waals surface area contributed by atoms with Crippen molar-refractivity contribution in [3.8, 4) is 0 Å². The summed E-state index contributed by atoms with van der Waals surface area (Å²) < 4.78 is 29.7. The van der Waals surface area contributed by atoms with E-state index in [1.807, 2.05) is 44.2 Å². The molecule has 6 atom stereocenters. The lowest BCUT2D eigenvalue weighted by atomic mass is 10.1. The molecular weight excluding hydrogens is 338 g/mol. The Morgan fingerprint density at radius 3 is 2.50 bits per heavy atom. The van der Waals surface area contributed by atoms with Crippen LogP contribution < -0.4 is 0 Å². The largest absolute Gasteiger partial charge is 0.368 e. The SMILES string of the molecule is CN(C)C(=O)[C@@H]1O[C@H]1[C@H]1O[C@@H]2OC(C)(C)O[C@@H]2[C@H]1OCc1ccccc1. The van der Waals surface area contributed by atoms with Crippen LogP contribution >= 0.6 is 0 Å². The third-order valence-electron chi connectivity index (χ3n) is 4.85. The number of likely N-dealkylation sites (N-methyl/N-ethyl adjacent to an activating group) is 1. The van der Waals surface area contributed by atoms with E-state index in [1.54, 1.807) is 14.1 Å². The molecular formula is C19H25NO6. The van der Waals surface area contributed by atoms with Crippen LogP contribution in [0, 0.1) is 0 Å². The molecule has 1 aromatic carbocycles. The molecule has 26 heavy (non-hydrogen) atoms. The van der Waals surface area contributed by atoms with Crippen LogP contribution in [0.4, 0.5) is 0 Å². The van der Waals surface area contributed by atoms with Crippen molar-refractivity contribution in [1.29, 1.82) is 0 Å². The van der Waals surface area contributed by atoms with Gasteiger partial charge in [-0.3, -0.25) is 4.79 Å². The standard InChI is InChI=1S/C19H25NO6/c1-19(2)25-16-12(22-10-11-8-6-5-7-9-11)13(24-18(16)26-19)14-15(23-14)17(21)20(3)4/h5-9,12-16,18H,10H2,1-4H3/t12-,13-,14-,15+,16+,18+/m0/s1. The van der Waals surface area contributed by atoms with E-state index in [0.717, 1.165) is 5.56 Å². The fourth-order valence-corrected chi connectivity index (χ4v) is 3.55. The number of hydrogen-bond donors (Lipinski definition) is 0. The third-order valence-corrected chi connectivity index (χ3v) is 4.85. The summed E-state index contributed by atoms with van der Waals surface area (Å²) in [5.74, 6) is -0.794. The number of hydrogen-bond acceptors (Lipinski definition) is 6. The normalized spacial score (nSPS) is 37.4. The molecule has 3 aliphatic heterocycles. The Bertz CT molecular complexity index is 663. The summed E-state index contributed by atoms with van der Waals surface area (Å²) in [6, 6.07) is 9.91. The molecule has 3 saturated heterocycles. The van der Waals surface area contributed by atoms with Crippen LogP contribution in [-0.4, -0.2) is 67.5 Å². The number of benzene rings is 1. The predicted molar refractivity (Wildman–Crippen MR) is 91.1 cm³/mol. The molecule has 3 aliphatic rings. The number of nitrogens with zero attached hydrogens (tertiary/aromatic N) is 1. The molecule has 0 bridgehead atoms. The summed E-state index contributed by atoms with van der Waals surface area (Å²) in [5.41, 5.74) is 1.06. The zero-order valence-electron chi connectivity index (χ0n) is 15.5. The smallest absolute Gasteiger partial charge is 0.254 e. The Hall–Kier alpha value is -1.51. The van der Waals surface area contributed by atoms with Gasteiger partial charge in [-0.25, -0.2) is 0 Å². The van der Waals surface area contributed by atoms with Gasteiger partial charge in [0.2, 0.25) is 0 Å². The van der Waals surface area contributed by atoms with Gasteiger partial charge in [-0.2, -0.15) is 0 Å². The van der Waals surface area contributed by atoms with Crippen molar-refractivity contribution in [3.05, 3.63) is 35.9 Å². The molecule has 3 fully saturated rings. The Kier molecular flexibility index (Phi) is 4.53. The number of ether oxygens (including phenoxy) is 5. The van der Waals surface area contributed by atoms with Gasteiger partial charge >= 0.3 is 0 Å². The van der Waals surface area contributed by atoms with Crippen molar-refractivity contribution < 1.29 is 28.5 Å². The second-order valence-electron chi connectivity index (χ2n) is 7.58. The zero-order chi connectivity index (χ0) is 18.5. The van der Waals surface area contributed by atoms with Gasteiger partial charge in [0.25, 0.3) is 5.91 Å². The summed E-state index contributed by atoms with van der Waals surface area (Å²) in [6.07, 6.45) is -2.48. The van der Waals surface area contributed by atoms with Crippen molar-refractivity contribution in [1.82, 2.24) is 4.90 Å². The molecule has 0 radical (unpaired) electrons. The lowest BCUT2D eigenvalue weighted by Gasteiger charge is -2.25. The minimum absolute atomic E-state index is 0.0698. The van der Waals surface area contributed by atoms with Crippen LogP contribution in [0.25, 0.3) is 0 Å². The van der Waals surface area contributed by atoms with E-state index in [-0.39, 0.29) is 24.2 Å². The summed E-state index contributed by atoms with van der Waals surface area (Å²) in [7, 11) is 3.42. The van der Waals surface area contributed by atoms with E-state index in [0.29, 0.717) is 6.61 Å². The molecule has 0 spiro atoms. The van der Waals surface area contributed by atoms with Crippen LogP contribution in [0.1, 0.15) is 19.4 Å². The molecule has 7 nitrogen and oxygen atoms in total. The molecule has 1 amide bonds. The summed E-state index contributed by atoms with van der Waals surface area (Å²) in [6.45, 7) is 4.13. The van der Waals surface area contributed by atoms with Crippen molar-refractivity contribution in [3.63, 3.8) is 0 Å². The minimum Gasteiger partial charge on any atom is -0.368 e. The predicted octanol–water partition coefficient (Wildman–Crippen LogP) is 1.30. The molecule has 4 rings (SSSR count). The fourth-order valence-electron chi connectivity index (χ4n) is 3.55. The van der Waals surface area contributed by atoms with E-state index in [1.165, 1.54) is 4.90 Å². The first-order valence-electron chi connectivity index (χ1n) is 8.89. The first-order chi connectivity index (χ1) is 12.4. The fraction of sp³-hybridized carbons (Fsp3) is 0.632. The van der Waals surface area contributed by atoms with Gasteiger partial charge in [0.15, 0.2) is 18.2 Å². The molecule has 7 heteroatoms. The Labute approximate surface area is 153 Å². The molecule has 0 aliphatic carbocycles. The minimum atomic E-state index is -0.724. The molecule has 3 heterocycles. The monoisotopic (exact) mass is 363 g/mol. The van der Waals surface area contributed by atoms with E-state index in [4.69, 9.17) is 23.7 Å². The number of rotatable bonds is 5. The molecule has 0 saturated carbocycles. The number of fused-ring (bicyclic) bond motifs is 1. The number of epoxide rings is 1. The topological polar surface area (TPSA) is 69.8 Å². The molecule has 1 aromatic rings. The van der Waals surface area contributed by atoms with Crippen LogP contribution in [0.3, 0.4) is 0 Å². The summed E-state index contributed by atoms with van der Waals surface area (Å²) >= 11 is 0. The van der Waals surface area contributed by atoms with Gasteiger partial charge in [0, 0.05) is 14.1 Å². The second-order valence-corrected chi connectivity index (χ2v) is 7.58. The van der Waals surface area contributed by atoms with Crippen molar-refractivity contribution >= 4 is 5.91 Å². The zero-order valence-corrected chi connectivity index (χ0v) is 15.5. The maximum atomic E-state index is 12.1. The highest BCUT2D eigenvalue weighted by Gasteiger charge is 2.63. The van der Waals surface area contributed by atoms with Gasteiger partial charge in [0.1, 0.15) is 24.4 Å². The number of carbonyl (C=O) groups excluding carboxylic acids is 1. The van der Waals surface area contributed by atoms with Gasteiger partial charge in [-0.15, -0.1) is 0 Å². The molecule has 0 aromatic heterocycles. The van der Waals surface area contributed by atoms with Gasteiger partial charge in [0.05, 0.1) is 6.61 Å². The van der Waals surface area contributed by atoms with Crippen LogP contribution in [0.15, 0.2) is 30.3 Å². The van der Waals surface area contributed by atoms with E-state index in [2.05, 4.69) is 0 Å². The molecule has 0 unspecified atom stereocenters. The highest BCUT2D eigenvalue weighted by Crippen LogP contribution is 2.44. The van der Waals surface area contributed by atoms with Crippen LogP contribution in [-0.2, 0) is 35.1 Å². The van der Waals surface area contributed by atoms with Crippen LogP contribution in [0.5, 0.6) is 0 Å². The van der Waals surface area contributed by atoms with E-state index >= 15 is 0 Å². The summed E-state index contributed by atoms with van der Waals surface area (Å²) in [5, 5.41) is 0. The van der Waals surface area contributed by atoms with Gasteiger partial charge < -0.3 is 28.6 Å². The highest BCUT2D eigenvalue weighted by atomic mass is 16.8. The lowest BCUT2D eigenvalue weighted by Crippen LogP contribution is -2.41. The average molecular weight is 363 g/mol. The summed E-state index contributed by atoms with van der Waals surface area (Å²) in [4.78, 5) is 13.7. The third kappa shape index (κ3) is 3.37. The molecule has 0 N–H and O–H groups in total. The first kappa shape index (κ1) is 17.9. The molecule has 142 valence electrons. The Balaban J connectivity index is 1.47. The van der Waals surface area contributed by atoms with Crippen molar-refractivity contribution in [2.75, 3.05) is 14.1 Å². The van der Waals surface area contributed by atoms with E-state index in [9.17, 15) is 4.79 Å². The van der Waals surface area contributed by atoms with Crippen LogP contribution in [0.2, 0.25) is 0 Å². The second kappa shape index (κ2) is 6.58. The average Bonchev–Trinajstić information content (AvgIpc) is 3.24.